The standard InChI is InChI=1S/C16H22N2O3/c1-10(2)18(11(3)4)15(20)16(5)14(19)17-12-8-6-7-9-13(12)21-16/h6-11H,1-5H3,(H,17,19). The average molecular weight is 290 g/mol. The van der Waals surface area contributed by atoms with Crippen LogP contribution in [0.4, 0.5) is 5.69 Å². The van der Waals surface area contributed by atoms with Gasteiger partial charge in [0.2, 0.25) is 0 Å². The summed E-state index contributed by atoms with van der Waals surface area (Å²) in [5.74, 6) is -0.239. The van der Waals surface area contributed by atoms with Crippen LogP contribution in [0.5, 0.6) is 5.75 Å². The molecule has 0 bridgehead atoms. The molecular formula is C16H22N2O3. The summed E-state index contributed by atoms with van der Waals surface area (Å²) in [5, 5.41) is 2.75. The number of para-hydroxylation sites is 2. The van der Waals surface area contributed by atoms with Crippen molar-refractivity contribution in [1.82, 2.24) is 4.90 Å². The molecule has 2 rings (SSSR count). The second-order valence-corrected chi connectivity index (χ2v) is 5.99. The molecule has 0 spiro atoms. The first kappa shape index (κ1) is 15.4. The van der Waals surface area contributed by atoms with Crippen LogP contribution in [0.1, 0.15) is 34.6 Å². The smallest absolute Gasteiger partial charge is 0.278 e. The van der Waals surface area contributed by atoms with Crippen LogP contribution in [0.3, 0.4) is 0 Å². The Bertz CT molecular complexity index is 560. The normalized spacial score (nSPS) is 20.8. The van der Waals surface area contributed by atoms with E-state index in [1.54, 1.807) is 17.0 Å². The number of hydrogen-bond donors (Lipinski definition) is 1. The Kier molecular flexibility index (Phi) is 3.94. The number of carbonyl (C=O) groups is 2. The van der Waals surface area contributed by atoms with E-state index in [9.17, 15) is 9.59 Å². The van der Waals surface area contributed by atoms with Crippen LogP contribution in [-0.2, 0) is 9.59 Å². The zero-order valence-electron chi connectivity index (χ0n) is 13.1. The first-order valence-electron chi connectivity index (χ1n) is 7.19. The zero-order valence-corrected chi connectivity index (χ0v) is 13.1. The number of carbonyl (C=O) groups excluding carboxylic acids is 2. The predicted octanol–water partition coefficient (Wildman–Crippen LogP) is 2.42. The number of nitrogens with one attached hydrogen (secondary N) is 1. The highest BCUT2D eigenvalue weighted by Gasteiger charge is 2.50. The van der Waals surface area contributed by atoms with Crippen molar-refractivity contribution in [1.29, 1.82) is 0 Å². The van der Waals surface area contributed by atoms with Crippen LogP contribution in [-0.4, -0.2) is 34.4 Å². The summed E-state index contributed by atoms with van der Waals surface area (Å²) in [6, 6.07) is 7.09. The van der Waals surface area contributed by atoms with Crippen molar-refractivity contribution in [2.75, 3.05) is 5.32 Å². The third-order valence-electron chi connectivity index (χ3n) is 3.64. The van der Waals surface area contributed by atoms with Gasteiger partial charge in [0, 0.05) is 12.1 Å². The van der Waals surface area contributed by atoms with Crippen molar-refractivity contribution in [3.63, 3.8) is 0 Å². The number of anilines is 1. The van der Waals surface area contributed by atoms with Gasteiger partial charge in [0.15, 0.2) is 0 Å². The Labute approximate surface area is 125 Å². The SMILES string of the molecule is CC(C)N(C(=O)C1(C)Oc2ccccc2NC1=O)C(C)C. The maximum atomic E-state index is 12.9. The van der Waals surface area contributed by atoms with E-state index in [0.29, 0.717) is 11.4 Å². The second-order valence-electron chi connectivity index (χ2n) is 5.99. The van der Waals surface area contributed by atoms with E-state index in [1.807, 2.05) is 39.8 Å². The minimum Gasteiger partial charge on any atom is -0.466 e. The van der Waals surface area contributed by atoms with E-state index in [2.05, 4.69) is 5.32 Å². The molecule has 1 heterocycles. The molecule has 21 heavy (non-hydrogen) atoms. The lowest BCUT2D eigenvalue weighted by molar-refractivity contribution is -0.157. The molecule has 0 radical (unpaired) electrons. The highest BCUT2D eigenvalue weighted by molar-refractivity contribution is 6.15. The van der Waals surface area contributed by atoms with Gasteiger partial charge in [0.1, 0.15) is 5.75 Å². The van der Waals surface area contributed by atoms with Gasteiger partial charge in [-0.15, -0.1) is 0 Å². The largest absolute Gasteiger partial charge is 0.466 e. The monoisotopic (exact) mass is 290 g/mol. The molecule has 1 aliphatic rings. The average Bonchev–Trinajstić information content (AvgIpc) is 2.39. The van der Waals surface area contributed by atoms with Gasteiger partial charge in [-0.05, 0) is 46.8 Å². The molecule has 114 valence electrons. The van der Waals surface area contributed by atoms with Gasteiger partial charge in [-0.1, -0.05) is 12.1 Å². The van der Waals surface area contributed by atoms with Crippen molar-refractivity contribution < 1.29 is 14.3 Å². The van der Waals surface area contributed by atoms with Crippen molar-refractivity contribution in [2.45, 2.75) is 52.3 Å². The molecule has 5 nitrogen and oxygen atoms in total. The minimum atomic E-state index is -1.54. The molecular weight excluding hydrogens is 268 g/mol. The summed E-state index contributed by atoms with van der Waals surface area (Å²) in [5.41, 5.74) is -0.948. The molecule has 0 fully saturated rings. The Morgan fingerprint density at radius 1 is 1.19 bits per heavy atom. The molecule has 1 unspecified atom stereocenters. The van der Waals surface area contributed by atoms with Crippen LogP contribution in [0, 0.1) is 0 Å². The van der Waals surface area contributed by atoms with E-state index < -0.39 is 11.5 Å². The fourth-order valence-corrected chi connectivity index (χ4v) is 2.62. The predicted molar refractivity (Wildman–Crippen MR) is 81.2 cm³/mol. The first-order valence-corrected chi connectivity index (χ1v) is 7.19. The molecule has 1 atom stereocenters. The first-order chi connectivity index (χ1) is 9.77. The van der Waals surface area contributed by atoms with Crippen LogP contribution in [0.2, 0.25) is 0 Å². The van der Waals surface area contributed by atoms with Gasteiger partial charge in [-0.3, -0.25) is 9.59 Å². The summed E-state index contributed by atoms with van der Waals surface area (Å²) >= 11 is 0. The van der Waals surface area contributed by atoms with Crippen LogP contribution >= 0.6 is 0 Å². The fraction of sp³-hybridized carbons (Fsp3) is 0.500. The Balaban J connectivity index is 2.38. The van der Waals surface area contributed by atoms with E-state index in [1.165, 1.54) is 6.92 Å². The number of hydrogen-bond acceptors (Lipinski definition) is 3. The molecule has 1 aliphatic heterocycles. The van der Waals surface area contributed by atoms with Crippen molar-refractivity contribution in [3.05, 3.63) is 24.3 Å². The number of benzene rings is 1. The molecule has 2 amide bonds. The van der Waals surface area contributed by atoms with Gasteiger partial charge in [0.25, 0.3) is 17.4 Å². The third-order valence-corrected chi connectivity index (χ3v) is 3.64. The molecule has 0 aromatic heterocycles. The van der Waals surface area contributed by atoms with E-state index in [4.69, 9.17) is 4.74 Å². The van der Waals surface area contributed by atoms with Crippen LogP contribution < -0.4 is 10.1 Å². The topological polar surface area (TPSA) is 58.6 Å². The highest BCUT2D eigenvalue weighted by Crippen LogP contribution is 2.34. The van der Waals surface area contributed by atoms with E-state index >= 15 is 0 Å². The number of ether oxygens (including phenoxy) is 1. The molecule has 1 aromatic carbocycles. The third kappa shape index (κ3) is 2.60. The summed E-state index contributed by atoms with van der Waals surface area (Å²) < 4.78 is 5.77. The Morgan fingerprint density at radius 3 is 2.33 bits per heavy atom. The van der Waals surface area contributed by atoms with Gasteiger partial charge >= 0.3 is 0 Å². The molecule has 0 saturated carbocycles. The number of fused-ring (bicyclic) bond motifs is 1. The van der Waals surface area contributed by atoms with Gasteiger partial charge in [-0.2, -0.15) is 0 Å². The van der Waals surface area contributed by atoms with E-state index in [-0.39, 0.29) is 18.0 Å². The number of nitrogens with zero attached hydrogens (tertiary/aromatic N) is 1. The van der Waals surface area contributed by atoms with Crippen molar-refractivity contribution >= 4 is 17.5 Å². The lowest BCUT2D eigenvalue weighted by Crippen LogP contribution is -2.62. The van der Waals surface area contributed by atoms with Gasteiger partial charge in [-0.25, -0.2) is 0 Å². The Morgan fingerprint density at radius 2 is 1.76 bits per heavy atom. The van der Waals surface area contributed by atoms with Crippen molar-refractivity contribution in [3.8, 4) is 5.75 Å². The van der Waals surface area contributed by atoms with Gasteiger partial charge in [0.05, 0.1) is 5.69 Å². The summed E-state index contributed by atoms with van der Waals surface area (Å²) in [6.07, 6.45) is 0. The lowest BCUT2D eigenvalue weighted by Gasteiger charge is -2.40. The summed E-state index contributed by atoms with van der Waals surface area (Å²) in [4.78, 5) is 26.9. The highest BCUT2D eigenvalue weighted by atomic mass is 16.5. The lowest BCUT2D eigenvalue weighted by atomic mass is 9.99. The minimum absolute atomic E-state index is 0.0112. The zero-order chi connectivity index (χ0) is 15.8. The molecule has 1 N–H and O–H groups in total. The quantitative estimate of drug-likeness (QED) is 0.870. The molecule has 0 saturated heterocycles. The molecule has 1 aromatic rings. The van der Waals surface area contributed by atoms with E-state index in [0.717, 1.165) is 0 Å². The fourth-order valence-electron chi connectivity index (χ4n) is 2.62. The summed E-state index contributed by atoms with van der Waals surface area (Å²) in [6.45, 7) is 9.23. The summed E-state index contributed by atoms with van der Waals surface area (Å²) in [7, 11) is 0. The van der Waals surface area contributed by atoms with Crippen LogP contribution in [0.25, 0.3) is 0 Å². The number of rotatable bonds is 3. The second kappa shape index (κ2) is 5.39. The maximum absolute atomic E-state index is 12.9. The van der Waals surface area contributed by atoms with Gasteiger partial charge < -0.3 is 15.0 Å². The van der Waals surface area contributed by atoms with Crippen LogP contribution in [0.15, 0.2) is 24.3 Å². The molecule has 5 heteroatoms. The maximum Gasteiger partial charge on any atom is 0.278 e. The molecule has 0 aliphatic carbocycles. The Hall–Kier alpha value is -2.04. The number of amides is 2. The van der Waals surface area contributed by atoms with Crippen molar-refractivity contribution in [2.24, 2.45) is 0 Å².